The van der Waals surface area contributed by atoms with Crippen molar-refractivity contribution in [3.05, 3.63) is 66.3 Å². The van der Waals surface area contributed by atoms with Crippen LogP contribution in [0.4, 0.5) is 11.6 Å². The van der Waals surface area contributed by atoms with Crippen LogP contribution in [0.1, 0.15) is 0 Å². The van der Waals surface area contributed by atoms with Crippen molar-refractivity contribution in [1.82, 2.24) is 15.0 Å². The molecular weight excluding hydrogens is 360 g/mol. The maximum absolute atomic E-state index is 5.47. The molecule has 4 aromatic rings. The number of rotatable bonds is 4. The van der Waals surface area contributed by atoms with Crippen molar-refractivity contribution >= 4 is 23.0 Å². The molecule has 0 aliphatic carbocycles. The van der Waals surface area contributed by atoms with Gasteiger partial charge in [0.15, 0.2) is 11.5 Å². The summed E-state index contributed by atoms with van der Waals surface area (Å²) in [5, 5.41) is 6.07. The molecule has 132 valence electrons. The molecule has 2 aromatic heterocycles. The van der Waals surface area contributed by atoms with Gasteiger partial charge in [0.1, 0.15) is 10.7 Å². The lowest BCUT2D eigenvalue weighted by atomic mass is 10.0. The molecule has 0 amide bonds. The molecule has 6 nitrogen and oxygen atoms in total. The van der Waals surface area contributed by atoms with Crippen molar-refractivity contribution in [2.75, 3.05) is 12.1 Å². The predicted octanol–water partition coefficient (Wildman–Crippen LogP) is 4.74. The molecule has 5 rings (SSSR count). The van der Waals surface area contributed by atoms with E-state index in [-0.39, 0.29) is 6.79 Å². The molecule has 2 aromatic carbocycles. The Labute approximate surface area is 159 Å². The first-order valence-corrected chi connectivity index (χ1v) is 9.23. The van der Waals surface area contributed by atoms with Gasteiger partial charge in [-0.1, -0.05) is 18.2 Å². The summed E-state index contributed by atoms with van der Waals surface area (Å²) >= 11 is 1.55. The van der Waals surface area contributed by atoms with Crippen LogP contribution in [0, 0.1) is 0 Å². The number of ether oxygens (including phenoxy) is 2. The topological polar surface area (TPSA) is 69.2 Å². The number of fused-ring (bicyclic) bond motifs is 1. The molecule has 1 aliphatic rings. The Hall–Kier alpha value is -3.45. The fourth-order valence-electron chi connectivity index (χ4n) is 2.87. The first-order chi connectivity index (χ1) is 13.3. The summed E-state index contributed by atoms with van der Waals surface area (Å²) in [7, 11) is 0. The molecule has 1 aliphatic heterocycles. The first-order valence-electron chi connectivity index (χ1n) is 8.35. The molecule has 0 radical (unpaired) electrons. The highest BCUT2D eigenvalue weighted by atomic mass is 32.1. The summed E-state index contributed by atoms with van der Waals surface area (Å²) < 4.78 is 10.9. The Bertz CT molecular complexity index is 1100. The molecule has 0 fully saturated rings. The summed E-state index contributed by atoms with van der Waals surface area (Å²) in [5.41, 5.74) is 3.82. The third-order valence-corrected chi connectivity index (χ3v) is 4.93. The second kappa shape index (κ2) is 6.69. The summed E-state index contributed by atoms with van der Waals surface area (Å²) in [4.78, 5) is 13.2. The molecule has 1 N–H and O–H groups in total. The SMILES string of the molecule is c1cc(Nc2nccc(-c3nccs3)n2)cc(-c2ccc3c(c2)OCO3)c1. The molecule has 0 saturated carbocycles. The van der Waals surface area contributed by atoms with Gasteiger partial charge in [0.25, 0.3) is 0 Å². The summed E-state index contributed by atoms with van der Waals surface area (Å²) in [6.45, 7) is 0.271. The fourth-order valence-corrected chi connectivity index (χ4v) is 3.48. The number of hydrogen-bond acceptors (Lipinski definition) is 7. The Morgan fingerprint density at radius 3 is 2.74 bits per heavy atom. The maximum atomic E-state index is 5.47. The molecule has 0 spiro atoms. The zero-order valence-corrected chi connectivity index (χ0v) is 14.9. The van der Waals surface area contributed by atoms with E-state index in [0.717, 1.165) is 39.0 Å². The number of aromatic nitrogens is 3. The zero-order chi connectivity index (χ0) is 18.1. The van der Waals surface area contributed by atoms with Crippen LogP contribution >= 0.6 is 11.3 Å². The normalized spacial score (nSPS) is 12.1. The van der Waals surface area contributed by atoms with E-state index in [4.69, 9.17) is 9.47 Å². The van der Waals surface area contributed by atoms with Crippen molar-refractivity contribution in [2.45, 2.75) is 0 Å². The minimum absolute atomic E-state index is 0.271. The molecule has 7 heteroatoms. The second-order valence-electron chi connectivity index (χ2n) is 5.88. The van der Waals surface area contributed by atoms with Gasteiger partial charge in [0, 0.05) is 23.5 Å². The number of anilines is 2. The number of benzene rings is 2. The van der Waals surface area contributed by atoms with Gasteiger partial charge in [-0.15, -0.1) is 11.3 Å². The van der Waals surface area contributed by atoms with Gasteiger partial charge in [-0.2, -0.15) is 0 Å². The third-order valence-electron chi connectivity index (χ3n) is 4.13. The van der Waals surface area contributed by atoms with Gasteiger partial charge in [-0.05, 0) is 41.5 Å². The summed E-state index contributed by atoms with van der Waals surface area (Å²) in [6.07, 6.45) is 3.50. The van der Waals surface area contributed by atoms with Crippen molar-refractivity contribution < 1.29 is 9.47 Å². The molecule has 3 heterocycles. The van der Waals surface area contributed by atoms with Crippen molar-refractivity contribution in [3.8, 4) is 33.3 Å². The van der Waals surface area contributed by atoms with Crippen LogP contribution < -0.4 is 14.8 Å². The number of hydrogen-bond donors (Lipinski definition) is 1. The van der Waals surface area contributed by atoms with E-state index >= 15 is 0 Å². The zero-order valence-electron chi connectivity index (χ0n) is 14.1. The summed E-state index contributed by atoms with van der Waals surface area (Å²) in [6, 6.07) is 15.9. The van der Waals surface area contributed by atoms with Gasteiger partial charge in [-0.25, -0.2) is 15.0 Å². The molecule has 27 heavy (non-hydrogen) atoms. The Balaban J connectivity index is 1.42. The average molecular weight is 374 g/mol. The van der Waals surface area contributed by atoms with Crippen LogP contribution in [0.2, 0.25) is 0 Å². The lowest BCUT2D eigenvalue weighted by Crippen LogP contribution is -1.98. The van der Waals surface area contributed by atoms with Gasteiger partial charge in [0.2, 0.25) is 12.7 Å². The Morgan fingerprint density at radius 1 is 0.889 bits per heavy atom. The van der Waals surface area contributed by atoms with Crippen LogP contribution in [0.15, 0.2) is 66.3 Å². The van der Waals surface area contributed by atoms with E-state index in [1.807, 2.05) is 41.8 Å². The van der Waals surface area contributed by atoms with E-state index in [1.165, 1.54) is 0 Å². The second-order valence-corrected chi connectivity index (χ2v) is 6.77. The molecule has 0 bridgehead atoms. The van der Waals surface area contributed by atoms with Crippen LogP contribution in [-0.2, 0) is 0 Å². The quantitative estimate of drug-likeness (QED) is 0.556. The minimum Gasteiger partial charge on any atom is -0.454 e. The largest absolute Gasteiger partial charge is 0.454 e. The first kappa shape index (κ1) is 15.8. The van der Waals surface area contributed by atoms with Crippen LogP contribution in [0.25, 0.3) is 21.8 Å². The lowest BCUT2D eigenvalue weighted by molar-refractivity contribution is 0.174. The lowest BCUT2D eigenvalue weighted by Gasteiger charge is -2.08. The third kappa shape index (κ3) is 3.20. The standard InChI is InChI=1S/C20H14N4O2S/c1-2-13(14-4-5-17-18(11-14)26-12-25-17)10-15(3-1)23-20-22-7-6-16(24-20)19-21-8-9-27-19/h1-11H,12H2,(H,22,23,24). The van der Waals surface area contributed by atoms with E-state index in [0.29, 0.717) is 5.95 Å². The van der Waals surface area contributed by atoms with E-state index in [1.54, 1.807) is 23.7 Å². The van der Waals surface area contributed by atoms with Gasteiger partial charge in [-0.3, -0.25) is 0 Å². The minimum atomic E-state index is 0.271. The van der Waals surface area contributed by atoms with Crippen molar-refractivity contribution in [3.63, 3.8) is 0 Å². The highest BCUT2D eigenvalue weighted by molar-refractivity contribution is 7.13. The van der Waals surface area contributed by atoms with Gasteiger partial charge >= 0.3 is 0 Å². The highest BCUT2D eigenvalue weighted by Gasteiger charge is 2.14. The molecule has 0 saturated heterocycles. The Kier molecular flexibility index (Phi) is 3.91. The molecular formula is C20H14N4O2S. The summed E-state index contributed by atoms with van der Waals surface area (Å²) in [5.74, 6) is 2.08. The number of nitrogens with zero attached hydrogens (tertiary/aromatic N) is 3. The van der Waals surface area contributed by atoms with Gasteiger partial charge in [0.05, 0.1) is 0 Å². The van der Waals surface area contributed by atoms with Crippen LogP contribution in [0.5, 0.6) is 11.5 Å². The fraction of sp³-hybridized carbons (Fsp3) is 0.0500. The maximum Gasteiger partial charge on any atom is 0.231 e. The highest BCUT2D eigenvalue weighted by Crippen LogP contribution is 2.36. The van der Waals surface area contributed by atoms with Crippen molar-refractivity contribution in [1.29, 1.82) is 0 Å². The monoisotopic (exact) mass is 374 g/mol. The van der Waals surface area contributed by atoms with E-state index in [9.17, 15) is 0 Å². The van der Waals surface area contributed by atoms with E-state index < -0.39 is 0 Å². The van der Waals surface area contributed by atoms with Gasteiger partial charge < -0.3 is 14.8 Å². The number of nitrogens with one attached hydrogen (secondary N) is 1. The number of thiazole rings is 1. The molecule has 0 unspecified atom stereocenters. The smallest absolute Gasteiger partial charge is 0.231 e. The average Bonchev–Trinajstić information content (AvgIpc) is 3.40. The predicted molar refractivity (Wildman–Crippen MR) is 104 cm³/mol. The molecule has 0 atom stereocenters. The Morgan fingerprint density at radius 2 is 1.81 bits per heavy atom. The van der Waals surface area contributed by atoms with Crippen LogP contribution in [0.3, 0.4) is 0 Å². The van der Waals surface area contributed by atoms with E-state index in [2.05, 4.69) is 32.4 Å². The van der Waals surface area contributed by atoms with Crippen LogP contribution in [-0.4, -0.2) is 21.7 Å². The van der Waals surface area contributed by atoms with Crippen molar-refractivity contribution in [2.24, 2.45) is 0 Å².